The molecular weight excluding hydrogens is 289 g/mol. The molecule has 1 rings (SSSR count). The van der Waals surface area contributed by atoms with Crippen molar-refractivity contribution < 1.29 is 14.6 Å². The van der Waals surface area contributed by atoms with Crippen molar-refractivity contribution in [1.29, 1.82) is 0 Å². The SMILES string of the molecule is CCC(C)(O)CNC(=O)COc1ccc(Cl)cc1Cl. The van der Waals surface area contributed by atoms with Gasteiger partial charge in [-0.05, 0) is 31.5 Å². The number of rotatable bonds is 6. The minimum absolute atomic E-state index is 0.166. The fourth-order valence-electron chi connectivity index (χ4n) is 1.20. The number of halogens is 2. The fraction of sp³-hybridized carbons (Fsp3) is 0.462. The Hall–Kier alpha value is -0.970. The van der Waals surface area contributed by atoms with E-state index < -0.39 is 5.60 Å². The molecule has 0 radical (unpaired) electrons. The molecule has 0 saturated heterocycles. The maximum absolute atomic E-state index is 11.5. The van der Waals surface area contributed by atoms with Gasteiger partial charge >= 0.3 is 0 Å². The Bertz CT molecular complexity index is 450. The van der Waals surface area contributed by atoms with E-state index in [0.717, 1.165) is 0 Å². The lowest BCUT2D eigenvalue weighted by atomic mass is 10.0. The van der Waals surface area contributed by atoms with Gasteiger partial charge in [0, 0.05) is 11.6 Å². The molecule has 0 saturated carbocycles. The second-order valence-electron chi connectivity index (χ2n) is 4.49. The van der Waals surface area contributed by atoms with E-state index in [9.17, 15) is 9.90 Å². The third kappa shape index (κ3) is 5.68. The predicted molar refractivity (Wildman–Crippen MR) is 75.9 cm³/mol. The summed E-state index contributed by atoms with van der Waals surface area (Å²) in [4.78, 5) is 11.5. The Labute approximate surface area is 122 Å². The fourth-order valence-corrected chi connectivity index (χ4v) is 1.66. The quantitative estimate of drug-likeness (QED) is 0.849. The van der Waals surface area contributed by atoms with E-state index in [1.165, 1.54) is 6.07 Å². The third-order valence-corrected chi connectivity index (χ3v) is 3.21. The van der Waals surface area contributed by atoms with E-state index in [-0.39, 0.29) is 19.1 Å². The highest BCUT2D eigenvalue weighted by Crippen LogP contribution is 2.27. The van der Waals surface area contributed by atoms with E-state index in [1.54, 1.807) is 19.1 Å². The van der Waals surface area contributed by atoms with E-state index >= 15 is 0 Å². The largest absolute Gasteiger partial charge is 0.482 e. The van der Waals surface area contributed by atoms with Crippen LogP contribution in [0.25, 0.3) is 0 Å². The van der Waals surface area contributed by atoms with Crippen LogP contribution >= 0.6 is 23.2 Å². The van der Waals surface area contributed by atoms with Crippen LogP contribution in [-0.2, 0) is 4.79 Å². The highest BCUT2D eigenvalue weighted by molar-refractivity contribution is 6.35. The van der Waals surface area contributed by atoms with Gasteiger partial charge in [0.2, 0.25) is 0 Å². The van der Waals surface area contributed by atoms with Gasteiger partial charge in [-0.1, -0.05) is 30.1 Å². The van der Waals surface area contributed by atoms with Crippen molar-refractivity contribution >= 4 is 29.1 Å². The van der Waals surface area contributed by atoms with Crippen molar-refractivity contribution in [3.63, 3.8) is 0 Å². The minimum Gasteiger partial charge on any atom is -0.482 e. The highest BCUT2D eigenvalue weighted by Gasteiger charge is 2.18. The molecule has 0 fully saturated rings. The summed E-state index contributed by atoms with van der Waals surface area (Å²) in [5.41, 5.74) is -0.909. The predicted octanol–water partition coefficient (Wildman–Crippen LogP) is 2.65. The van der Waals surface area contributed by atoms with E-state index in [2.05, 4.69) is 5.32 Å². The van der Waals surface area contributed by atoms with Crippen molar-refractivity contribution in [2.75, 3.05) is 13.2 Å². The second-order valence-corrected chi connectivity index (χ2v) is 5.33. The molecule has 1 aromatic rings. The minimum atomic E-state index is -0.909. The van der Waals surface area contributed by atoms with Gasteiger partial charge in [0.15, 0.2) is 6.61 Å². The van der Waals surface area contributed by atoms with Crippen molar-refractivity contribution in [2.45, 2.75) is 25.9 Å². The molecule has 0 aliphatic carbocycles. The Balaban J connectivity index is 2.42. The van der Waals surface area contributed by atoms with Crippen LogP contribution in [0.15, 0.2) is 18.2 Å². The molecule has 106 valence electrons. The van der Waals surface area contributed by atoms with Gasteiger partial charge < -0.3 is 15.2 Å². The first-order valence-corrected chi connectivity index (χ1v) is 6.66. The first-order valence-electron chi connectivity index (χ1n) is 5.91. The zero-order valence-corrected chi connectivity index (χ0v) is 12.4. The van der Waals surface area contributed by atoms with Gasteiger partial charge in [-0.15, -0.1) is 0 Å². The molecule has 0 aromatic heterocycles. The average molecular weight is 306 g/mol. The topological polar surface area (TPSA) is 58.6 Å². The van der Waals surface area contributed by atoms with E-state index in [0.29, 0.717) is 22.2 Å². The summed E-state index contributed by atoms with van der Waals surface area (Å²) >= 11 is 11.7. The van der Waals surface area contributed by atoms with Crippen LogP contribution in [0.5, 0.6) is 5.75 Å². The maximum atomic E-state index is 11.5. The Morgan fingerprint density at radius 3 is 2.74 bits per heavy atom. The van der Waals surface area contributed by atoms with Crippen LogP contribution in [0.1, 0.15) is 20.3 Å². The first-order chi connectivity index (χ1) is 8.84. The van der Waals surface area contributed by atoms with Gasteiger partial charge in [-0.3, -0.25) is 4.79 Å². The molecule has 0 spiro atoms. The van der Waals surface area contributed by atoms with Gasteiger partial charge in [0.25, 0.3) is 5.91 Å². The molecule has 1 amide bonds. The number of carbonyl (C=O) groups excluding carboxylic acids is 1. The number of carbonyl (C=O) groups is 1. The zero-order chi connectivity index (χ0) is 14.5. The van der Waals surface area contributed by atoms with E-state index in [1.807, 2.05) is 6.92 Å². The van der Waals surface area contributed by atoms with Gasteiger partial charge in [0.1, 0.15) is 5.75 Å². The first kappa shape index (κ1) is 16.1. The summed E-state index contributed by atoms with van der Waals surface area (Å²) in [5.74, 6) is 0.0724. The molecule has 1 atom stereocenters. The molecule has 1 unspecified atom stereocenters. The second kappa shape index (κ2) is 6.98. The van der Waals surface area contributed by atoms with E-state index in [4.69, 9.17) is 27.9 Å². The molecule has 0 aliphatic heterocycles. The van der Waals surface area contributed by atoms with Crippen LogP contribution in [-0.4, -0.2) is 29.8 Å². The summed E-state index contributed by atoms with van der Waals surface area (Å²) in [6, 6.07) is 4.76. The van der Waals surface area contributed by atoms with Crippen LogP contribution in [0.2, 0.25) is 10.0 Å². The summed E-state index contributed by atoms with van der Waals surface area (Å²) in [5, 5.41) is 13.2. The van der Waals surface area contributed by atoms with Gasteiger partial charge in [0.05, 0.1) is 10.6 Å². The summed E-state index contributed by atoms with van der Waals surface area (Å²) in [6.07, 6.45) is 0.553. The Kier molecular flexibility index (Phi) is 5.91. The Morgan fingerprint density at radius 1 is 1.47 bits per heavy atom. The van der Waals surface area contributed by atoms with Crippen molar-refractivity contribution in [2.24, 2.45) is 0 Å². The zero-order valence-electron chi connectivity index (χ0n) is 10.9. The number of nitrogens with one attached hydrogen (secondary N) is 1. The highest BCUT2D eigenvalue weighted by atomic mass is 35.5. The van der Waals surface area contributed by atoms with Crippen LogP contribution in [0.3, 0.4) is 0 Å². The molecule has 0 aliphatic rings. The van der Waals surface area contributed by atoms with Crippen LogP contribution in [0, 0.1) is 0 Å². The number of hydrogen-bond donors (Lipinski definition) is 2. The molecule has 2 N–H and O–H groups in total. The summed E-state index contributed by atoms with van der Waals surface area (Å²) in [6.45, 7) is 3.52. The number of amides is 1. The standard InChI is InChI=1S/C13H17Cl2NO3/c1-3-13(2,18)8-16-12(17)7-19-11-5-4-9(14)6-10(11)15/h4-6,18H,3,7-8H2,1-2H3,(H,16,17). The number of hydrogen-bond acceptors (Lipinski definition) is 3. The van der Waals surface area contributed by atoms with Crippen molar-refractivity contribution in [1.82, 2.24) is 5.32 Å². The molecule has 4 nitrogen and oxygen atoms in total. The molecule has 19 heavy (non-hydrogen) atoms. The smallest absolute Gasteiger partial charge is 0.258 e. The van der Waals surface area contributed by atoms with Crippen molar-refractivity contribution in [3.8, 4) is 5.75 Å². The average Bonchev–Trinajstić information content (AvgIpc) is 2.35. The summed E-state index contributed by atoms with van der Waals surface area (Å²) < 4.78 is 5.27. The van der Waals surface area contributed by atoms with Crippen LogP contribution < -0.4 is 10.1 Å². The van der Waals surface area contributed by atoms with Gasteiger partial charge in [-0.25, -0.2) is 0 Å². The number of aliphatic hydroxyl groups is 1. The molecular formula is C13H17Cl2NO3. The lowest BCUT2D eigenvalue weighted by Gasteiger charge is -2.21. The molecule has 6 heteroatoms. The van der Waals surface area contributed by atoms with Gasteiger partial charge in [-0.2, -0.15) is 0 Å². The number of ether oxygens (including phenoxy) is 1. The number of benzene rings is 1. The molecule has 0 heterocycles. The lowest BCUT2D eigenvalue weighted by molar-refractivity contribution is -0.124. The monoisotopic (exact) mass is 305 g/mol. The molecule has 0 bridgehead atoms. The molecule has 1 aromatic carbocycles. The normalized spacial score (nSPS) is 13.7. The maximum Gasteiger partial charge on any atom is 0.258 e. The Morgan fingerprint density at radius 2 is 2.16 bits per heavy atom. The third-order valence-electron chi connectivity index (χ3n) is 2.68. The lowest BCUT2D eigenvalue weighted by Crippen LogP contribution is -2.41. The van der Waals surface area contributed by atoms with Crippen molar-refractivity contribution in [3.05, 3.63) is 28.2 Å². The van der Waals surface area contributed by atoms with Crippen LogP contribution in [0.4, 0.5) is 0 Å². The summed E-state index contributed by atoms with van der Waals surface area (Å²) in [7, 11) is 0.